The number of benzene rings is 2. The van der Waals surface area contributed by atoms with Gasteiger partial charge in [0.25, 0.3) is 0 Å². The van der Waals surface area contributed by atoms with Crippen molar-refractivity contribution in [2.45, 2.75) is 38.5 Å². The number of fused-ring (bicyclic) bond motifs is 1. The van der Waals surface area contributed by atoms with E-state index in [-0.39, 0.29) is 16.8 Å². The van der Waals surface area contributed by atoms with E-state index in [1.807, 2.05) is 24.3 Å². The number of ketones is 1. The topological polar surface area (TPSA) is 54.4 Å². The number of hydrogen-bond acceptors (Lipinski definition) is 2. The highest BCUT2D eigenvalue weighted by Gasteiger charge is 2.54. The monoisotopic (exact) mass is 334 g/mol. The molecule has 2 aromatic rings. The molecule has 1 N–H and O–H groups in total. The molecule has 3 nitrogen and oxygen atoms in total. The third-order valence-electron chi connectivity index (χ3n) is 6.90. The Kier molecular flexibility index (Phi) is 3.13. The first-order valence-corrected chi connectivity index (χ1v) is 9.35. The fourth-order valence-electron chi connectivity index (χ4n) is 6.38. The van der Waals surface area contributed by atoms with Crippen LogP contribution in [-0.2, 0) is 0 Å². The number of carboxylic acids is 1. The van der Waals surface area contributed by atoms with Gasteiger partial charge in [-0.1, -0.05) is 30.3 Å². The maximum Gasteiger partial charge on any atom is 0.336 e. The zero-order valence-corrected chi connectivity index (χ0v) is 14.2. The molecule has 3 heteroatoms. The van der Waals surface area contributed by atoms with Gasteiger partial charge in [0.2, 0.25) is 0 Å². The van der Waals surface area contributed by atoms with E-state index in [1.54, 1.807) is 12.1 Å². The van der Waals surface area contributed by atoms with E-state index in [9.17, 15) is 14.7 Å². The molecule has 0 spiro atoms. The molecule has 0 atom stereocenters. The summed E-state index contributed by atoms with van der Waals surface area (Å²) in [4.78, 5) is 25.4. The third kappa shape index (κ3) is 2.18. The van der Waals surface area contributed by atoms with Crippen LogP contribution in [-0.4, -0.2) is 16.9 Å². The second kappa shape index (κ2) is 5.17. The Morgan fingerprint density at radius 3 is 1.88 bits per heavy atom. The van der Waals surface area contributed by atoms with Gasteiger partial charge in [0.05, 0.1) is 5.56 Å². The number of carbonyl (C=O) groups is 2. The van der Waals surface area contributed by atoms with Crippen molar-refractivity contribution in [1.29, 1.82) is 0 Å². The number of carbonyl (C=O) groups excluding carboxylic acids is 1. The molecule has 128 valence electrons. The SMILES string of the molecule is O=C(O)c1cccc2cccc(C(=O)C34CC5CC(CC(C5)C3)C4)c12. The summed E-state index contributed by atoms with van der Waals surface area (Å²) in [5.41, 5.74) is 0.623. The molecule has 4 bridgehead atoms. The normalized spacial score (nSPS) is 32.9. The number of carboxylic acid groups (broad SMARTS) is 1. The molecule has 4 aliphatic rings. The first-order chi connectivity index (χ1) is 12.1. The molecular weight excluding hydrogens is 312 g/mol. The summed E-state index contributed by atoms with van der Waals surface area (Å²) in [6, 6.07) is 10.9. The summed E-state index contributed by atoms with van der Waals surface area (Å²) >= 11 is 0. The van der Waals surface area contributed by atoms with Crippen molar-refractivity contribution in [3.8, 4) is 0 Å². The average Bonchev–Trinajstić information content (AvgIpc) is 2.58. The molecular formula is C22H22O3. The fourth-order valence-corrected chi connectivity index (χ4v) is 6.38. The minimum absolute atomic E-state index is 0.200. The third-order valence-corrected chi connectivity index (χ3v) is 6.90. The summed E-state index contributed by atoms with van der Waals surface area (Å²) in [5.74, 6) is 1.33. The van der Waals surface area contributed by atoms with Crippen LogP contribution in [0.2, 0.25) is 0 Å². The Balaban J connectivity index is 1.66. The Bertz CT molecular complexity index is 855. The first kappa shape index (κ1) is 15.1. The molecule has 25 heavy (non-hydrogen) atoms. The van der Waals surface area contributed by atoms with Crippen molar-refractivity contribution in [1.82, 2.24) is 0 Å². The lowest BCUT2D eigenvalue weighted by Crippen LogP contribution is -2.50. The summed E-state index contributed by atoms with van der Waals surface area (Å²) in [5, 5.41) is 11.1. The van der Waals surface area contributed by atoms with E-state index >= 15 is 0 Å². The van der Waals surface area contributed by atoms with Crippen LogP contribution < -0.4 is 0 Å². The minimum Gasteiger partial charge on any atom is -0.478 e. The predicted octanol–water partition coefficient (Wildman–Crippen LogP) is 4.94. The van der Waals surface area contributed by atoms with Crippen LogP contribution >= 0.6 is 0 Å². The molecule has 4 aliphatic carbocycles. The van der Waals surface area contributed by atoms with Crippen molar-refractivity contribution >= 4 is 22.5 Å². The smallest absolute Gasteiger partial charge is 0.336 e. The van der Waals surface area contributed by atoms with Crippen molar-refractivity contribution in [3.05, 3.63) is 47.5 Å². The van der Waals surface area contributed by atoms with E-state index in [0.29, 0.717) is 28.7 Å². The van der Waals surface area contributed by atoms with Gasteiger partial charge in [0, 0.05) is 16.4 Å². The van der Waals surface area contributed by atoms with Gasteiger partial charge in [-0.3, -0.25) is 4.79 Å². The summed E-state index contributed by atoms with van der Waals surface area (Å²) < 4.78 is 0. The summed E-state index contributed by atoms with van der Waals surface area (Å²) in [6.45, 7) is 0. The van der Waals surface area contributed by atoms with Crippen LogP contribution in [0.25, 0.3) is 10.8 Å². The van der Waals surface area contributed by atoms with Gasteiger partial charge >= 0.3 is 5.97 Å². The quantitative estimate of drug-likeness (QED) is 0.809. The van der Waals surface area contributed by atoms with Crippen LogP contribution in [0.4, 0.5) is 0 Å². The molecule has 0 saturated heterocycles. The van der Waals surface area contributed by atoms with E-state index < -0.39 is 5.97 Å². The molecule has 6 rings (SSSR count). The number of Topliss-reactive ketones (excluding diaryl/α,β-unsaturated/α-hetero) is 1. The van der Waals surface area contributed by atoms with Crippen molar-refractivity contribution in [3.63, 3.8) is 0 Å². The number of hydrogen-bond donors (Lipinski definition) is 1. The van der Waals surface area contributed by atoms with E-state index in [0.717, 1.165) is 24.6 Å². The molecule has 0 aromatic heterocycles. The van der Waals surface area contributed by atoms with Gasteiger partial charge in [0.1, 0.15) is 0 Å². The van der Waals surface area contributed by atoms with Gasteiger partial charge in [-0.2, -0.15) is 0 Å². The molecule has 2 aromatic carbocycles. The molecule has 0 amide bonds. The number of rotatable bonds is 3. The predicted molar refractivity (Wildman–Crippen MR) is 95.8 cm³/mol. The van der Waals surface area contributed by atoms with Crippen molar-refractivity contribution < 1.29 is 14.7 Å². The molecule has 0 aliphatic heterocycles. The Morgan fingerprint density at radius 2 is 1.36 bits per heavy atom. The largest absolute Gasteiger partial charge is 0.478 e. The lowest BCUT2D eigenvalue weighted by molar-refractivity contribution is -0.0352. The molecule has 4 fully saturated rings. The molecule has 0 radical (unpaired) electrons. The highest BCUT2D eigenvalue weighted by Crippen LogP contribution is 2.61. The van der Waals surface area contributed by atoms with Crippen molar-refractivity contribution in [2.75, 3.05) is 0 Å². The summed E-state index contributed by atoms with van der Waals surface area (Å²) in [6.07, 6.45) is 6.89. The lowest BCUT2D eigenvalue weighted by Gasteiger charge is -2.56. The lowest BCUT2D eigenvalue weighted by atomic mass is 9.48. The van der Waals surface area contributed by atoms with Gasteiger partial charge in [-0.05, 0) is 67.7 Å². The second-order valence-electron chi connectivity index (χ2n) is 8.54. The van der Waals surface area contributed by atoms with Gasteiger partial charge in [0.15, 0.2) is 5.78 Å². The highest BCUT2D eigenvalue weighted by molar-refractivity contribution is 6.16. The standard InChI is InChI=1S/C22H22O3/c23-20(22-10-13-7-14(11-22)9-15(8-13)12-22)17-5-1-3-16-4-2-6-18(19(16)17)21(24)25/h1-6,13-15H,7-12H2,(H,24,25). The van der Waals surface area contributed by atoms with Gasteiger partial charge in [-0.25, -0.2) is 4.79 Å². The van der Waals surface area contributed by atoms with Crippen LogP contribution in [0.1, 0.15) is 59.2 Å². The van der Waals surface area contributed by atoms with Gasteiger partial charge in [-0.15, -0.1) is 0 Å². The maximum atomic E-state index is 13.7. The minimum atomic E-state index is -0.962. The molecule has 0 unspecified atom stereocenters. The second-order valence-corrected chi connectivity index (χ2v) is 8.54. The van der Waals surface area contributed by atoms with Crippen LogP contribution in [0, 0.1) is 23.2 Å². The zero-order chi connectivity index (χ0) is 17.2. The first-order valence-electron chi connectivity index (χ1n) is 9.35. The number of aromatic carboxylic acids is 1. The average molecular weight is 334 g/mol. The Morgan fingerprint density at radius 1 is 0.840 bits per heavy atom. The Hall–Kier alpha value is -2.16. The Labute approximate surface area is 147 Å². The van der Waals surface area contributed by atoms with Gasteiger partial charge < -0.3 is 5.11 Å². The fraction of sp³-hybridized carbons (Fsp3) is 0.455. The van der Waals surface area contributed by atoms with E-state index in [1.165, 1.54) is 19.3 Å². The molecule has 0 heterocycles. The highest BCUT2D eigenvalue weighted by atomic mass is 16.4. The molecule has 4 saturated carbocycles. The zero-order valence-electron chi connectivity index (χ0n) is 14.2. The summed E-state index contributed by atoms with van der Waals surface area (Å²) in [7, 11) is 0. The van der Waals surface area contributed by atoms with Crippen molar-refractivity contribution in [2.24, 2.45) is 23.2 Å². The van der Waals surface area contributed by atoms with E-state index in [2.05, 4.69) is 0 Å². The maximum absolute atomic E-state index is 13.7. The van der Waals surface area contributed by atoms with E-state index in [4.69, 9.17) is 0 Å². The van der Waals surface area contributed by atoms with Crippen LogP contribution in [0.15, 0.2) is 36.4 Å². The van der Waals surface area contributed by atoms with Crippen LogP contribution in [0.5, 0.6) is 0 Å². The van der Waals surface area contributed by atoms with Crippen LogP contribution in [0.3, 0.4) is 0 Å².